The van der Waals surface area contributed by atoms with Gasteiger partial charge in [-0.1, -0.05) is 18.2 Å². The first kappa shape index (κ1) is 42.1. The normalized spacial score (nSPS) is 17.2. The second kappa shape index (κ2) is 20.1. The van der Waals surface area contributed by atoms with Gasteiger partial charge in [-0.3, -0.25) is 29.0 Å². The second-order valence-electron chi connectivity index (χ2n) is 15.8. The van der Waals surface area contributed by atoms with Crippen molar-refractivity contribution in [1.29, 1.82) is 0 Å². The van der Waals surface area contributed by atoms with Gasteiger partial charge in [-0.05, 0) is 121 Å². The predicted molar refractivity (Wildman–Crippen MR) is 197 cm³/mol. The Morgan fingerprint density at radius 3 is 2.27 bits per heavy atom. The van der Waals surface area contributed by atoms with E-state index in [2.05, 4.69) is 20.4 Å². The summed E-state index contributed by atoms with van der Waals surface area (Å²) in [5.41, 5.74) is 1.06. The van der Waals surface area contributed by atoms with E-state index < -0.39 is 17.6 Å². The number of ketones is 1. The van der Waals surface area contributed by atoms with Crippen molar-refractivity contribution in [2.75, 3.05) is 26.2 Å². The number of aromatic nitrogens is 1. The number of hydrogen-bond acceptors (Lipinski definition) is 10. The molecule has 2 aliphatic heterocycles. The first-order chi connectivity index (χ1) is 24.5. The quantitative estimate of drug-likeness (QED) is 0.189. The van der Waals surface area contributed by atoms with Gasteiger partial charge in [-0.15, -0.1) is 0 Å². The summed E-state index contributed by atoms with van der Waals surface area (Å²) in [5.74, 6) is -0.273. The van der Waals surface area contributed by atoms with Gasteiger partial charge in [-0.25, -0.2) is 0 Å². The zero-order chi connectivity index (χ0) is 38.3. The number of Topliss-reactive ketones (excluding diaryl/α,β-unsaturated/α-hetero) is 1. The third-order valence-electron chi connectivity index (χ3n) is 8.84. The molecule has 3 heterocycles. The van der Waals surface area contributed by atoms with Crippen LogP contribution in [-0.4, -0.2) is 82.4 Å². The number of phenolic OH excluding ortho intramolecular Hbond substituents is 1. The van der Waals surface area contributed by atoms with Crippen molar-refractivity contribution in [3.8, 4) is 5.75 Å². The number of piperidine rings is 2. The van der Waals surface area contributed by atoms with Crippen molar-refractivity contribution in [3.63, 3.8) is 0 Å². The van der Waals surface area contributed by atoms with Gasteiger partial charge in [0.05, 0.1) is 18.4 Å². The molecule has 0 bridgehead atoms. The van der Waals surface area contributed by atoms with E-state index in [1.807, 2.05) is 25.7 Å². The number of benzene rings is 1. The van der Waals surface area contributed by atoms with Crippen LogP contribution in [0.15, 0.2) is 42.7 Å². The van der Waals surface area contributed by atoms with E-state index in [0.29, 0.717) is 49.4 Å². The molecule has 2 aliphatic rings. The fourth-order valence-electron chi connectivity index (χ4n) is 6.24. The number of hydrogen-bond donors (Lipinski definition) is 3. The Morgan fingerprint density at radius 1 is 0.981 bits per heavy atom. The Kier molecular flexibility index (Phi) is 16.2. The van der Waals surface area contributed by atoms with E-state index >= 15 is 0 Å². The first-order valence-corrected chi connectivity index (χ1v) is 18.4. The number of likely N-dealkylation sites (tertiary alicyclic amines) is 1. The molecule has 1 aromatic heterocycles. The molecule has 2 amide bonds. The van der Waals surface area contributed by atoms with Crippen LogP contribution >= 0.6 is 0 Å². The van der Waals surface area contributed by atoms with Crippen LogP contribution in [0.2, 0.25) is 0 Å². The van der Waals surface area contributed by atoms with Gasteiger partial charge in [0.15, 0.2) is 0 Å². The number of pyridine rings is 1. The highest BCUT2D eigenvalue weighted by Gasteiger charge is 2.31. The molecular formula is C40H58N4O8. The molecule has 0 saturated carbocycles. The third kappa shape index (κ3) is 15.9. The maximum absolute atomic E-state index is 13.6. The molecule has 1 unspecified atom stereocenters. The molecule has 2 atom stereocenters. The van der Waals surface area contributed by atoms with E-state index in [1.165, 1.54) is 0 Å². The van der Waals surface area contributed by atoms with E-state index in [1.54, 1.807) is 63.5 Å². The average molecular weight is 723 g/mol. The summed E-state index contributed by atoms with van der Waals surface area (Å²) in [7, 11) is 0. The molecule has 12 nitrogen and oxygen atoms in total. The summed E-state index contributed by atoms with van der Waals surface area (Å²) in [5, 5.41) is 15.9. The first-order valence-electron chi connectivity index (χ1n) is 18.4. The molecule has 3 N–H and O–H groups in total. The van der Waals surface area contributed by atoms with Gasteiger partial charge in [0.2, 0.25) is 11.8 Å². The molecule has 2 aromatic rings. The van der Waals surface area contributed by atoms with Crippen molar-refractivity contribution in [2.24, 2.45) is 11.8 Å². The summed E-state index contributed by atoms with van der Waals surface area (Å²) in [4.78, 5) is 68.1. The molecule has 12 heteroatoms. The Bertz CT molecular complexity index is 1480. The Labute approximate surface area is 308 Å². The van der Waals surface area contributed by atoms with Crippen molar-refractivity contribution in [1.82, 2.24) is 20.5 Å². The summed E-state index contributed by atoms with van der Waals surface area (Å²) < 4.78 is 10.1. The van der Waals surface area contributed by atoms with Gasteiger partial charge in [-0.2, -0.15) is 0 Å². The molecule has 2 fully saturated rings. The summed E-state index contributed by atoms with van der Waals surface area (Å²) >= 11 is 0. The zero-order valence-corrected chi connectivity index (χ0v) is 31.7. The largest absolute Gasteiger partial charge is 0.508 e. The van der Waals surface area contributed by atoms with Crippen LogP contribution in [0.25, 0.3) is 0 Å². The summed E-state index contributed by atoms with van der Waals surface area (Å²) in [6, 6.07) is 7.61. The lowest BCUT2D eigenvalue weighted by atomic mass is 9.92. The smallest absolute Gasteiger partial charge is 0.308 e. The Hall–Kier alpha value is -4.32. The number of aromatic hydroxyl groups is 1. The molecule has 0 radical (unpaired) electrons. The monoisotopic (exact) mass is 722 g/mol. The highest BCUT2D eigenvalue weighted by molar-refractivity contribution is 5.84. The number of carbonyl (C=O) groups is 5. The maximum Gasteiger partial charge on any atom is 0.308 e. The van der Waals surface area contributed by atoms with Crippen molar-refractivity contribution in [3.05, 3.63) is 59.4 Å². The zero-order valence-electron chi connectivity index (χ0n) is 31.7. The topological polar surface area (TPSA) is 164 Å². The van der Waals surface area contributed by atoms with Crippen molar-refractivity contribution in [2.45, 2.75) is 117 Å². The fraction of sp³-hybridized carbons (Fsp3) is 0.600. The van der Waals surface area contributed by atoms with Crippen molar-refractivity contribution >= 4 is 30.0 Å². The number of nitrogens with one attached hydrogen (secondary N) is 2. The van der Waals surface area contributed by atoms with Gasteiger partial charge in [0.1, 0.15) is 22.7 Å². The summed E-state index contributed by atoms with van der Waals surface area (Å²) in [6.07, 6.45) is 8.43. The van der Waals surface area contributed by atoms with E-state index in [4.69, 9.17) is 4.74 Å². The number of esters is 1. The number of rotatable bonds is 13. The maximum atomic E-state index is 13.6. The average Bonchev–Trinajstić information content (AvgIpc) is 3.07. The Morgan fingerprint density at radius 2 is 1.65 bits per heavy atom. The highest BCUT2D eigenvalue weighted by atomic mass is 16.6. The lowest BCUT2D eigenvalue weighted by Crippen LogP contribution is -2.46. The standard InChI is InChI=1S/C35H48N4O6.C5H10O2/c1-35(2,3)45-33(43)20-31(28-17-26(21-37-22-28)19-30(41)18-25-6-9-29(40)10-7-25)38-34(44)27-5-4-16-39(23-27)32(42)11-8-24-12-14-36-15-13-24;1-5(2,3)7-4-6/h6-7,9-10,17,21-22,24,27,31,36,40H,4-5,8,11-16,18-20,23H2,1-3H3,(H,38,44);4H,1-3H3/t27-,31?;/m1./s1. The summed E-state index contributed by atoms with van der Waals surface area (Å²) in [6.45, 7) is 14.3. The third-order valence-corrected chi connectivity index (χ3v) is 8.84. The molecule has 0 aliphatic carbocycles. The van der Waals surface area contributed by atoms with Crippen LogP contribution in [0.3, 0.4) is 0 Å². The van der Waals surface area contributed by atoms with Crippen molar-refractivity contribution < 1.29 is 38.6 Å². The number of nitrogens with zero attached hydrogens (tertiary/aromatic N) is 2. The SMILES string of the molecule is CC(C)(C)OC(=O)CC(NC(=O)[C@@H]1CCCN(C(=O)CCC2CCNCC2)C1)c1cncc(CC(=O)Cc2ccc(O)cc2)c1.CC(C)(C)OC=O. The molecule has 0 spiro atoms. The van der Waals surface area contributed by atoms with Crippen LogP contribution in [0.1, 0.15) is 109 Å². The number of carbonyl (C=O) groups excluding carboxylic acids is 5. The molecule has 286 valence electrons. The lowest BCUT2D eigenvalue weighted by Gasteiger charge is -2.33. The minimum atomic E-state index is -0.710. The van der Waals surface area contributed by atoms with Gasteiger partial charge in [0.25, 0.3) is 6.47 Å². The molecule has 52 heavy (non-hydrogen) atoms. The van der Waals surface area contributed by atoms with Crippen LogP contribution in [0.5, 0.6) is 5.75 Å². The molecule has 1 aromatic carbocycles. The van der Waals surface area contributed by atoms with Crippen LogP contribution in [0.4, 0.5) is 0 Å². The predicted octanol–water partition coefficient (Wildman–Crippen LogP) is 5.01. The number of amides is 2. The van der Waals surface area contributed by atoms with Gasteiger partial charge in [0, 0.05) is 44.7 Å². The second-order valence-corrected chi connectivity index (χ2v) is 15.8. The molecule has 4 rings (SSSR count). The minimum absolute atomic E-state index is 0.0283. The van der Waals surface area contributed by atoms with Crippen LogP contribution < -0.4 is 10.6 Å². The van der Waals surface area contributed by atoms with E-state index in [0.717, 1.165) is 44.3 Å². The minimum Gasteiger partial charge on any atom is -0.508 e. The Balaban J connectivity index is 0.000000944. The van der Waals surface area contributed by atoms with Gasteiger partial charge >= 0.3 is 5.97 Å². The fourth-order valence-corrected chi connectivity index (χ4v) is 6.24. The van der Waals surface area contributed by atoms with E-state index in [9.17, 15) is 29.1 Å². The van der Waals surface area contributed by atoms with Crippen LogP contribution in [0, 0.1) is 11.8 Å². The number of ether oxygens (including phenoxy) is 2. The van der Waals surface area contributed by atoms with Gasteiger partial charge < -0.3 is 30.1 Å². The highest BCUT2D eigenvalue weighted by Crippen LogP contribution is 2.25. The van der Waals surface area contributed by atoms with E-state index in [-0.39, 0.29) is 54.1 Å². The lowest BCUT2D eigenvalue weighted by molar-refractivity contribution is -0.155. The molecule has 2 saturated heterocycles. The number of phenols is 1. The molecular weight excluding hydrogens is 664 g/mol. The van der Waals surface area contributed by atoms with Crippen LogP contribution in [-0.2, 0) is 46.3 Å².